The largest absolute Gasteiger partial charge is 0.480 e. The molecule has 2 heterocycles. The number of carbonyl (C=O) groups excluding carboxylic acids is 1. The van der Waals surface area contributed by atoms with E-state index in [1.54, 1.807) is 12.1 Å². The van der Waals surface area contributed by atoms with Gasteiger partial charge < -0.3 is 14.4 Å². The number of furan rings is 1. The minimum atomic E-state index is -0.970. The number of hydrogen-bond donors (Lipinski definition) is 1. The van der Waals surface area contributed by atoms with Crippen molar-refractivity contribution in [2.75, 3.05) is 5.75 Å². The first-order chi connectivity index (χ1) is 8.54. The molecule has 0 spiro atoms. The SMILES string of the molecule is CCc1ccc(C(=O)N2C(C)SCC2C(=O)O)o1. The highest BCUT2D eigenvalue weighted by atomic mass is 32.2. The molecule has 2 atom stereocenters. The van der Waals surface area contributed by atoms with Gasteiger partial charge in [0.05, 0.1) is 5.37 Å². The summed E-state index contributed by atoms with van der Waals surface area (Å²) in [4.78, 5) is 24.8. The summed E-state index contributed by atoms with van der Waals surface area (Å²) in [5.74, 6) is 0.0445. The Kier molecular flexibility index (Phi) is 3.65. The molecule has 18 heavy (non-hydrogen) atoms. The molecule has 2 unspecified atom stereocenters. The average molecular weight is 269 g/mol. The van der Waals surface area contributed by atoms with Crippen LogP contribution in [0.4, 0.5) is 0 Å². The molecular formula is C12H15NO4S. The molecule has 6 heteroatoms. The zero-order chi connectivity index (χ0) is 13.3. The van der Waals surface area contributed by atoms with Crippen LogP contribution in [0.15, 0.2) is 16.5 Å². The van der Waals surface area contributed by atoms with Crippen LogP contribution >= 0.6 is 11.8 Å². The average Bonchev–Trinajstić information content (AvgIpc) is 2.94. The highest BCUT2D eigenvalue weighted by molar-refractivity contribution is 8.00. The Balaban J connectivity index is 2.23. The predicted molar refractivity (Wildman–Crippen MR) is 67.6 cm³/mol. The lowest BCUT2D eigenvalue weighted by atomic mass is 10.2. The van der Waals surface area contributed by atoms with E-state index in [2.05, 4.69) is 0 Å². The number of amides is 1. The Labute approximate surface area is 109 Å². The molecule has 0 aromatic carbocycles. The summed E-state index contributed by atoms with van der Waals surface area (Å²) in [6, 6.07) is 2.58. The van der Waals surface area contributed by atoms with Gasteiger partial charge in [0.2, 0.25) is 0 Å². The monoisotopic (exact) mass is 269 g/mol. The Bertz CT molecular complexity index is 470. The van der Waals surface area contributed by atoms with Gasteiger partial charge in [-0.15, -0.1) is 11.8 Å². The number of aliphatic carboxylic acids is 1. The maximum Gasteiger partial charge on any atom is 0.327 e. The van der Waals surface area contributed by atoms with Gasteiger partial charge in [0.25, 0.3) is 5.91 Å². The number of thioether (sulfide) groups is 1. The number of carboxylic acid groups (broad SMARTS) is 1. The normalized spacial score (nSPS) is 23.3. The summed E-state index contributed by atoms with van der Waals surface area (Å²) in [5.41, 5.74) is 0. The maximum absolute atomic E-state index is 12.3. The van der Waals surface area contributed by atoms with Gasteiger partial charge >= 0.3 is 5.97 Å². The molecule has 1 aliphatic rings. The minimum absolute atomic E-state index is 0.145. The van der Waals surface area contributed by atoms with Crippen molar-refractivity contribution in [2.45, 2.75) is 31.7 Å². The molecule has 1 amide bonds. The van der Waals surface area contributed by atoms with Crippen LogP contribution in [-0.2, 0) is 11.2 Å². The fourth-order valence-electron chi connectivity index (χ4n) is 1.95. The van der Waals surface area contributed by atoms with E-state index in [1.807, 2.05) is 13.8 Å². The van der Waals surface area contributed by atoms with Crippen LogP contribution in [0.2, 0.25) is 0 Å². The molecule has 98 valence electrons. The van der Waals surface area contributed by atoms with Crippen LogP contribution in [0.3, 0.4) is 0 Å². The van der Waals surface area contributed by atoms with Gasteiger partial charge in [-0.05, 0) is 19.1 Å². The van der Waals surface area contributed by atoms with Crippen molar-refractivity contribution in [1.82, 2.24) is 4.90 Å². The standard InChI is InChI=1S/C12H15NO4S/c1-3-8-4-5-10(17-8)11(14)13-7(2)18-6-9(13)12(15)16/h4-5,7,9H,3,6H2,1-2H3,(H,15,16). The zero-order valence-corrected chi connectivity index (χ0v) is 11.1. The van der Waals surface area contributed by atoms with Crippen molar-refractivity contribution >= 4 is 23.6 Å². The Morgan fingerprint density at radius 3 is 2.83 bits per heavy atom. The first kappa shape index (κ1) is 13.0. The molecule has 1 N–H and O–H groups in total. The molecule has 1 aromatic rings. The third kappa shape index (κ3) is 2.25. The van der Waals surface area contributed by atoms with Crippen molar-refractivity contribution < 1.29 is 19.1 Å². The second kappa shape index (κ2) is 5.06. The van der Waals surface area contributed by atoms with Crippen LogP contribution in [0.1, 0.15) is 30.2 Å². The molecule has 0 bridgehead atoms. The van der Waals surface area contributed by atoms with Crippen molar-refractivity contribution in [1.29, 1.82) is 0 Å². The Morgan fingerprint density at radius 2 is 2.28 bits per heavy atom. The summed E-state index contributed by atoms with van der Waals surface area (Å²) in [6.07, 6.45) is 0.708. The molecule has 1 aromatic heterocycles. The van der Waals surface area contributed by atoms with Crippen molar-refractivity contribution in [2.24, 2.45) is 0 Å². The lowest BCUT2D eigenvalue weighted by Crippen LogP contribution is -2.44. The molecule has 1 fully saturated rings. The van der Waals surface area contributed by atoms with Gasteiger partial charge in [-0.3, -0.25) is 4.79 Å². The van der Waals surface area contributed by atoms with Gasteiger partial charge in [-0.1, -0.05) is 6.92 Å². The van der Waals surface area contributed by atoms with Crippen molar-refractivity contribution in [3.8, 4) is 0 Å². The summed E-state index contributed by atoms with van der Waals surface area (Å²) in [5, 5.41) is 8.97. The molecule has 0 saturated carbocycles. The second-order valence-electron chi connectivity index (χ2n) is 4.12. The smallest absolute Gasteiger partial charge is 0.327 e. The van der Waals surface area contributed by atoms with Gasteiger partial charge in [0.1, 0.15) is 11.8 Å². The number of aryl methyl sites for hydroxylation is 1. The topological polar surface area (TPSA) is 70.8 Å². The first-order valence-electron chi connectivity index (χ1n) is 5.80. The van der Waals surface area contributed by atoms with E-state index in [9.17, 15) is 9.59 Å². The second-order valence-corrected chi connectivity index (χ2v) is 5.47. The van der Waals surface area contributed by atoms with Crippen LogP contribution < -0.4 is 0 Å². The molecular weight excluding hydrogens is 254 g/mol. The van der Waals surface area contributed by atoms with Gasteiger partial charge in [0.15, 0.2) is 5.76 Å². The number of hydrogen-bond acceptors (Lipinski definition) is 4. The van der Waals surface area contributed by atoms with Crippen LogP contribution in [0.5, 0.6) is 0 Å². The maximum atomic E-state index is 12.3. The van der Waals surface area contributed by atoms with E-state index < -0.39 is 12.0 Å². The van der Waals surface area contributed by atoms with Crippen molar-refractivity contribution in [3.05, 3.63) is 23.7 Å². The van der Waals surface area contributed by atoms with Crippen LogP contribution in [0.25, 0.3) is 0 Å². The number of nitrogens with zero attached hydrogens (tertiary/aromatic N) is 1. The Hall–Kier alpha value is -1.43. The van der Waals surface area contributed by atoms with Crippen LogP contribution in [-0.4, -0.2) is 39.1 Å². The molecule has 2 rings (SSSR count). The van der Waals surface area contributed by atoms with E-state index in [4.69, 9.17) is 9.52 Å². The third-order valence-corrected chi connectivity index (χ3v) is 4.18. The highest BCUT2D eigenvalue weighted by Gasteiger charge is 2.40. The first-order valence-corrected chi connectivity index (χ1v) is 6.85. The molecule has 0 radical (unpaired) electrons. The minimum Gasteiger partial charge on any atom is -0.480 e. The van der Waals surface area contributed by atoms with Gasteiger partial charge in [0, 0.05) is 12.2 Å². The van der Waals surface area contributed by atoms with Gasteiger partial charge in [-0.25, -0.2) is 4.79 Å². The third-order valence-electron chi connectivity index (χ3n) is 2.96. The fraction of sp³-hybridized carbons (Fsp3) is 0.500. The summed E-state index contributed by atoms with van der Waals surface area (Å²) >= 11 is 1.46. The quantitative estimate of drug-likeness (QED) is 0.906. The van der Waals surface area contributed by atoms with E-state index in [1.165, 1.54) is 16.7 Å². The summed E-state index contributed by atoms with van der Waals surface area (Å²) < 4.78 is 5.39. The number of carbonyl (C=O) groups is 2. The lowest BCUT2D eigenvalue weighted by Gasteiger charge is -2.23. The number of rotatable bonds is 3. The number of carboxylic acids is 1. The van der Waals surface area contributed by atoms with E-state index in [0.29, 0.717) is 12.2 Å². The Morgan fingerprint density at radius 1 is 1.56 bits per heavy atom. The summed E-state index contributed by atoms with van der Waals surface area (Å²) in [6.45, 7) is 3.76. The van der Waals surface area contributed by atoms with Crippen LogP contribution in [0, 0.1) is 0 Å². The van der Waals surface area contributed by atoms with Crippen molar-refractivity contribution in [3.63, 3.8) is 0 Å². The lowest BCUT2D eigenvalue weighted by molar-refractivity contribution is -0.141. The van der Waals surface area contributed by atoms with E-state index in [-0.39, 0.29) is 17.0 Å². The predicted octanol–water partition coefficient (Wildman–Crippen LogP) is 1.83. The molecule has 0 aliphatic carbocycles. The van der Waals surface area contributed by atoms with Gasteiger partial charge in [-0.2, -0.15) is 0 Å². The highest BCUT2D eigenvalue weighted by Crippen LogP contribution is 2.30. The molecule has 1 aliphatic heterocycles. The summed E-state index contributed by atoms with van der Waals surface area (Å²) in [7, 11) is 0. The molecule has 1 saturated heterocycles. The zero-order valence-electron chi connectivity index (χ0n) is 10.3. The van der Waals surface area contributed by atoms with E-state index in [0.717, 1.165) is 5.76 Å². The van der Waals surface area contributed by atoms with E-state index >= 15 is 0 Å². The molecule has 5 nitrogen and oxygen atoms in total. The fourth-order valence-corrected chi connectivity index (χ4v) is 3.12.